The van der Waals surface area contributed by atoms with Crippen LogP contribution >= 0.6 is 21.1 Å². The van der Waals surface area contributed by atoms with Gasteiger partial charge in [-0.15, -0.1) is 0 Å². The van der Waals surface area contributed by atoms with Crippen LogP contribution in [0, 0.1) is 0 Å². The minimum absolute atomic E-state index is 0.723. The maximum atomic E-state index is 5.61. The highest BCUT2D eigenvalue weighted by molar-refractivity contribution is 7.10. The van der Waals surface area contributed by atoms with E-state index in [9.17, 15) is 0 Å². The van der Waals surface area contributed by atoms with Crippen molar-refractivity contribution < 1.29 is 4.52 Å². The molecular weight excluding hydrogens is 154 g/mol. The van der Waals surface area contributed by atoms with Crippen molar-refractivity contribution in [1.82, 2.24) is 0 Å². The van der Waals surface area contributed by atoms with Crippen molar-refractivity contribution in [2.24, 2.45) is 0 Å². The average Bonchev–Trinajstić information content (AvgIpc) is 1.90. The summed E-state index contributed by atoms with van der Waals surface area (Å²) in [6, 6.07) is 7.16. The Morgan fingerprint density at radius 3 is 2.22 bits per heavy atom. The van der Waals surface area contributed by atoms with Crippen molar-refractivity contribution in [2.75, 3.05) is 0 Å². The summed E-state index contributed by atoms with van der Waals surface area (Å²) in [5, 5.41) is 0.723. The molecule has 0 radical (unpaired) electrons. The Morgan fingerprint density at radius 1 is 1.22 bits per heavy atom. The van der Waals surface area contributed by atoms with Crippen molar-refractivity contribution in [3.05, 3.63) is 29.3 Å². The fraction of sp³-hybridized carbons (Fsp3) is 0. The molecule has 0 bridgehead atoms. The van der Waals surface area contributed by atoms with E-state index >= 15 is 0 Å². The molecular formula is C6H6ClOP. The highest BCUT2D eigenvalue weighted by Gasteiger charge is 1.87. The second kappa shape index (κ2) is 3.05. The summed E-state index contributed by atoms with van der Waals surface area (Å²) in [5.41, 5.74) is 0. The molecule has 0 aliphatic carbocycles. The standard InChI is InChI=1S/C6H6ClOP/c7-5-1-3-6(8-9)4-2-5/h1-4H,9H2. The van der Waals surface area contributed by atoms with E-state index < -0.39 is 0 Å². The molecule has 1 atom stereocenters. The molecule has 48 valence electrons. The smallest absolute Gasteiger partial charge is 0.122 e. The third-order valence-electron chi connectivity index (χ3n) is 0.950. The second-order valence-electron chi connectivity index (χ2n) is 1.57. The lowest BCUT2D eigenvalue weighted by atomic mass is 10.3. The fourth-order valence-corrected chi connectivity index (χ4v) is 0.796. The van der Waals surface area contributed by atoms with Gasteiger partial charge in [0.05, 0.1) is 9.47 Å². The lowest BCUT2D eigenvalue weighted by Crippen LogP contribution is -1.70. The lowest BCUT2D eigenvalue weighted by molar-refractivity contribution is 0.646. The van der Waals surface area contributed by atoms with Crippen LogP contribution in [-0.4, -0.2) is 0 Å². The summed E-state index contributed by atoms with van der Waals surface area (Å²) in [7, 11) is 2.17. The molecule has 0 fully saturated rings. The molecule has 1 aromatic rings. The molecule has 0 saturated carbocycles. The van der Waals surface area contributed by atoms with Gasteiger partial charge in [0.25, 0.3) is 0 Å². The van der Waals surface area contributed by atoms with Gasteiger partial charge in [-0.2, -0.15) is 0 Å². The summed E-state index contributed by atoms with van der Waals surface area (Å²) in [6.07, 6.45) is 0. The minimum atomic E-state index is 0.723. The van der Waals surface area contributed by atoms with Gasteiger partial charge in [0.1, 0.15) is 5.75 Å². The zero-order chi connectivity index (χ0) is 6.69. The highest BCUT2D eigenvalue weighted by atomic mass is 35.5. The zero-order valence-corrected chi connectivity index (χ0v) is 6.58. The van der Waals surface area contributed by atoms with E-state index in [4.69, 9.17) is 16.1 Å². The van der Waals surface area contributed by atoms with Crippen LogP contribution in [-0.2, 0) is 0 Å². The van der Waals surface area contributed by atoms with E-state index in [1.54, 1.807) is 24.3 Å². The summed E-state index contributed by atoms with van der Waals surface area (Å²) in [5.74, 6) is 0.796. The monoisotopic (exact) mass is 160 g/mol. The van der Waals surface area contributed by atoms with Crippen LogP contribution in [0.25, 0.3) is 0 Å². The topological polar surface area (TPSA) is 9.23 Å². The number of benzene rings is 1. The molecule has 3 heteroatoms. The molecule has 1 unspecified atom stereocenters. The molecule has 0 aliphatic heterocycles. The molecule has 0 heterocycles. The first kappa shape index (κ1) is 6.85. The number of hydrogen-bond donors (Lipinski definition) is 0. The van der Waals surface area contributed by atoms with Gasteiger partial charge in [0.15, 0.2) is 0 Å². The van der Waals surface area contributed by atoms with Crippen LogP contribution in [0.2, 0.25) is 5.02 Å². The van der Waals surface area contributed by atoms with Crippen LogP contribution in [0.15, 0.2) is 24.3 Å². The van der Waals surface area contributed by atoms with Gasteiger partial charge in [0.2, 0.25) is 0 Å². The molecule has 0 aromatic heterocycles. The molecule has 0 spiro atoms. The normalized spacial score (nSPS) is 9.11. The summed E-state index contributed by atoms with van der Waals surface area (Å²) in [4.78, 5) is 0. The predicted molar refractivity (Wildman–Crippen MR) is 41.8 cm³/mol. The SMILES string of the molecule is POc1ccc(Cl)cc1. The van der Waals surface area contributed by atoms with Crippen LogP contribution in [0.1, 0.15) is 0 Å². The number of hydrogen-bond acceptors (Lipinski definition) is 1. The highest BCUT2D eigenvalue weighted by Crippen LogP contribution is 2.16. The van der Waals surface area contributed by atoms with Gasteiger partial charge in [-0.25, -0.2) is 0 Å². The zero-order valence-electron chi connectivity index (χ0n) is 4.67. The molecule has 0 saturated heterocycles. The van der Waals surface area contributed by atoms with Gasteiger partial charge in [-0.05, 0) is 24.3 Å². The molecule has 1 nitrogen and oxygen atoms in total. The van der Waals surface area contributed by atoms with Gasteiger partial charge >= 0.3 is 0 Å². The van der Waals surface area contributed by atoms with E-state index in [0.29, 0.717) is 0 Å². The first-order valence-corrected chi connectivity index (χ1v) is 3.30. The molecule has 0 N–H and O–H groups in total. The molecule has 0 amide bonds. The summed E-state index contributed by atoms with van der Waals surface area (Å²) in [6.45, 7) is 0. The van der Waals surface area contributed by atoms with Crippen molar-refractivity contribution in [2.45, 2.75) is 0 Å². The first-order chi connectivity index (χ1) is 4.33. The molecule has 1 aromatic carbocycles. The van der Waals surface area contributed by atoms with Crippen molar-refractivity contribution >= 4 is 21.1 Å². The van der Waals surface area contributed by atoms with E-state index in [1.165, 1.54) is 0 Å². The maximum Gasteiger partial charge on any atom is 0.122 e. The van der Waals surface area contributed by atoms with Gasteiger partial charge in [-0.3, -0.25) is 0 Å². The van der Waals surface area contributed by atoms with E-state index in [1.807, 2.05) is 0 Å². The Bertz CT molecular complexity index is 185. The average molecular weight is 161 g/mol. The Balaban J connectivity index is 2.88. The van der Waals surface area contributed by atoms with E-state index in [2.05, 4.69) is 9.47 Å². The Morgan fingerprint density at radius 2 is 1.78 bits per heavy atom. The molecule has 1 rings (SSSR count). The van der Waals surface area contributed by atoms with E-state index in [0.717, 1.165) is 10.8 Å². The maximum absolute atomic E-state index is 5.61. The van der Waals surface area contributed by atoms with Gasteiger partial charge < -0.3 is 4.52 Å². The quantitative estimate of drug-likeness (QED) is 0.574. The number of rotatable bonds is 1. The van der Waals surface area contributed by atoms with Crippen molar-refractivity contribution in [1.29, 1.82) is 0 Å². The Hall–Kier alpha value is -0.260. The van der Waals surface area contributed by atoms with Gasteiger partial charge in [0, 0.05) is 5.02 Å². The third-order valence-corrected chi connectivity index (χ3v) is 1.47. The minimum Gasteiger partial charge on any atom is -0.480 e. The van der Waals surface area contributed by atoms with Crippen LogP contribution < -0.4 is 4.52 Å². The van der Waals surface area contributed by atoms with Crippen LogP contribution in [0.3, 0.4) is 0 Å². The molecule has 0 aliphatic rings. The fourth-order valence-electron chi connectivity index (χ4n) is 0.513. The summed E-state index contributed by atoms with van der Waals surface area (Å²) < 4.78 is 4.83. The second-order valence-corrected chi connectivity index (χ2v) is 2.24. The van der Waals surface area contributed by atoms with E-state index in [-0.39, 0.29) is 0 Å². The third kappa shape index (κ3) is 1.85. The predicted octanol–water partition coefficient (Wildman–Crippen LogP) is 2.51. The largest absolute Gasteiger partial charge is 0.480 e. The first-order valence-electron chi connectivity index (χ1n) is 2.45. The molecule has 9 heavy (non-hydrogen) atoms. The number of halogens is 1. The summed E-state index contributed by atoms with van der Waals surface area (Å²) >= 11 is 5.61. The van der Waals surface area contributed by atoms with Gasteiger partial charge in [-0.1, -0.05) is 11.6 Å². The van der Waals surface area contributed by atoms with Crippen LogP contribution in [0.5, 0.6) is 5.75 Å². The Labute approximate surface area is 61.3 Å². The Kier molecular flexibility index (Phi) is 2.32. The van der Waals surface area contributed by atoms with Crippen molar-refractivity contribution in [3.8, 4) is 5.75 Å². The lowest BCUT2D eigenvalue weighted by Gasteiger charge is -1.95. The van der Waals surface area contributed by atoms with Crippen molar-refractivity contribution in [3.63, 3.8) is 0 Å². The van der Waals surface area contributed by atoms with Crippen LogP contribution in [0.4, 0.5) is 0 Å².